The van der Waals surface area contributed by atoms with Gasteiger partial charge in [0.1, 0.15) is 11.6 Å². The number of hydrogen-bond donors (Lipinski definition) is 2. The van der Waals surface area contributed by atoms with Gasteiger partial charge in [0.25, 0.3) is 5.91 Å². The summed E-state index contributed by atoms with van der Waals surface area (Å²) < 4.78 is 4.65. The molecule has 0 aliphatic rings. The molecule has 0 fully saturated rings. The molecule has 1 amide bonds. The summed E-state index contributed by atoms with van der Waals surface area (Å²) in [6.45, 7) is 1.84. The van der Waals surface area contributed by atoms with Gasteiger partial charge in [0, 0.05) is 12.0 Å². The molecular formula is C10H13NO4S. The van der Waals surface area contributed by atoms with Gasteiger partial charge < -0.3 is 15.2 Å². The van der Waals surface area contributed by atoms with Crippen LogP contribution < -0.4 is 5.32 Å². The van der Waals surface area contributed by atoms with Gasteiger partial charge in [-0.15, -0.1) is 11.3 Å². The Morgan fingerprint density at radius 3 is 2.75 bits per heavy atom. The molecule has 0 aromatic carbocycles. The summed E-state index contributed by atoms with van der Waals surface area (Å²) in [6, 6.07) is 1.58. The molecule has 0 unspecified atom stereocenters. The number of aryl methyl sites for hydroxylation is 1. The molecule has 0 aliphatic heterocycles. The van der Waals surface area contributed by atoms with Crippen molar-refractivity contribution in [3.63, 3.8) is 0 Å². The Balaban J connectivity index is 2.89. The zero-order valence-corrected chi connectivity index (χ0v) is 9.89. The predicted octanol–water partition coefficient (Wildman–Crippen LogP) is 1.59. The minimum absolute atomic E-state index is 0.0849. The maximum Gasteiger partial charge on any atom is 0.338 e. The third-order valence-corrected chi connectivity index (χ3v) is 3.09. The Kier molecular flexibility index (Phi) is 4.45. The van der Waals surface area contributed by atoms with Crippen LogP contribution in [0.1, 0.15) is 22.2 Å². The first-order chi connectivity index (χ1) is 7.58. The Morgan fingerprint density at radius 1 is 1.56 bits per heavy atom. The van der Waals surface area contributed by atoms with Crippen molar-refractivity contribution in [3.8, 4) is 0 Å². The third kappa shape index (κ3) is 3.04. The van der Waals surface area contributed by atoms with E-state index in [0.717, 1.165) is 11.3 Å². The lowest BCUT2D eigenvalue weighted by Gasteiger charge is -2.02. The van der Waals surface area contributed by atoms with Crippen molar-refractivity contribution in [1.82, 2.24) is 0 Å². The molecule has 1 heterocycles. The minimum Gasteiger partial charge on any atom is -0.478 e. The number of rotatable bonds is 5. The first kappa shape index (κ1) is 12.7. The van der Waals surface area contributed by atoms with Crippen molar-refractivity contribution in [2.45, 2.75) is 13.3 Å². The van der Waals surface area contributed by atoms with E-state index in [2.05, 4.69) is 10.1 Å². The number of carbonyl (C=O) groups is 2. The molecule has 1 rings (SSSR count). The Labute approximate surface area is 97.0 Å². The fourth-order valence-corrected chi connectivity index (χ4v) is 2.17. The Morgan fingerprint density at radius 2 is 2.25 bits per heavy atom. The molecule has 0 atom stereocenters. The number of nitrogens with one attached hydrogen (secondary N) is 1. The third-order valence-electron chi connectivity index (χ3n) is 1.89. The van der Waals surface area contributed by atoms with E-state index in [9.17, 15) is 9.59 Å². The number of methoxy groups -OCH3 is 1. The second kappa shape index (κ2) is 5.62. The molecule has 0 bridgehead atoms. The summed E-state index contributed by atoms with van der Waals surface area (Å²) in [5.74, 6) is -1.39. The minimum atomic E-state index is -1.04. The molecule has 0 saturated heterocycles. The number of aromatic carboxylic acids is 1. The van der Waals surface area contributed by atoms with Crippen molar-refractivity contribution < 1.29 is 19.4 Å². The predicted molar refractivity (Wildman–Crippen MR) is 61.2 cm³/mol. The Bertz CT molecular complexity index is 400. The van der Waals surface area contributed by atoms with E-state index in [0.29, 0.717) is 5.00 Å². The molecule has 0 aliphatic carbocycles. The van der Waals surface area contributed by atoms with E-state index in [1.165, 1.54) is 18.4 Å². The van der Waals surface area contributed by atoms with Crippen LogP contribution in [0.4, 0.5) is 5.00 Å². The lowest BCUT2D eigenvalue weighted by Crippen LogP contribution is -2.17. The molecule has 1 aromatic rings. The van der Waals surface area contributed by atoms with Gasteiger partial charge in [-0.25, -0.2) is 4.79 Å². The summed E-state index contributed by atoms with van der Waals surface area (Å²) >= 11 is 1.27. The van der Waals surface area contributed by atoms with E-state index in [1.807, 2.05) is 6.92 Å². The molecule has 1 aromatic heterocycles. The molecule has 0 saturated carbocycles. The zero-order chi connectivity index (χ0) is 12.1. The number of carboxylic acid groups (broad SMARTS) is 1. The number of amides is 1. The van der Waals surface area contributed by atoms with Crippen LogP contribution in [-0.2, 0) is 16.0 Å². The SMILES string of the molecule is CCc1cc(C(=O)O)c(NC(=O)COC)s1. The summed E-state index contributed by atoms with van der Waals surface area (Å²) in [6.07, 6.45) is 0.741. The molecule has 6 heteroatoms. The van der Waals surface area contributed by atoms with Crippen molar-refractivity contribution in [3.05, 3.63) is 16.5 Å². The number of carboxylic acids is 1. The van der Waals surface area contributed by atoms with Gasteiger partial charge in [-0.2, -0.15) is 0 Å². The Hall–Kier alpha value is -1.40. The molecule has 5 nitrogen and oxygen atoms in total. The summed E-state index contributed by atoms with van der Waals surface area (Å²) in [5, 5.41) is 11.8. The van der Waals surface area contributed by atoms with Crippen LogP contribution in [0.5, 0.6) is 0 Å². The second-order valence-corrected chi connectivity index (χ2v) is 4.23. The monoisotopic (exact) mass is 243 g/mol. The maximum absolute atomic E-state index is 11.3. The van der Waals surface area contributed by atoms with E-state index >= 15 is 0 Å². The normalized spacial score (nSPS) is 10.1. The number of carbonyl (C=O) groups excluding carboxylic acids is 1. The fourth-order valence-electron chi connectivity index (χ4n) is 1.16. The highest BCUT2D eigenvalue weighted by Crippen LogP contribution is 2.28. The topological polar surface area (TPSA) is 75.6 Å². The van der Waals surface area contributed by atoms with Gasteiger partial charge in [-0.1, -0.05) is 6.92 Å². The van der Waals surface area contributed by atoms with Gasteiger partial charge in [-0.3, -0.25) is 4.79 Å². The van der Waals surface area contributed by atoms with E-state index in [1.54, 1.807) is 6.07 Å². The van der Waals surface area contributed by atoms with Gasteiger partial charge >= 0.3 is 5.97 Å². The van der Waals surface area contributed by atoms with Crippen LogP contribution in [0.25, 0.3) is 0 Å². The second-order valence-electron chi connectivity index (χ2n) is 3.10. The van der Waals surface area contributed by atoms with Crippen LogP contribution in [0.3, 0.4) is 0 Å². The zero-order valence-electron chi connectivity index (χ0n) is 9.07. The van der Waals surface area contributed by atoms with Crippen LogP contribution in [0, 0.1) is 0 Å². The van der Waals surface area contributed by atoms with Crippen molar-refractivity contribution >= 4 is 28.2 Å². The van der Waals surface area contributed by atoms with Crippen LogP contribution >= 0.6 is 11.3 Å². The lowest BCUT2D eigenvalue weighted by atomic mass is 10.2. The maximum atomic E-state index is 11.3. The lowest BCUT2D eigenvalue weighted by molar-refractivity contribution is -0.119. The highest BCUT2D eigenvalue weighted by atomic mass is 32.1. The number of hydrogen-bond acceptors (Lipinski definition) is 4. The molecule has 0 radical (unpaired) electrons. The first-order valence-electron chi connectivity index (χ1n) is 4.73. The van der Waals surface area contributed by atoms with E-state index < -0.39 is 5.97 Å². The van der Waals surface area contributed by atoms with Gasteiger partial charge in [-0.05, 0) is 12.5 Å². The summed E-state index contributed by atoms with van der Waals surface area (Å²) in [5.41, 5.74) is 0.131. The van der Waals surface area contributed by atoms with Gasteiger partial charge in [0.15, 0.2) is 0 Å². The van der Waals surface area contributed by atoms with Crippen molar-refractivity contribution in [2.24, 2.45) is 0 Å². The number of thiophene rings is 1. The molecule has 88 valence electrons. The van der Waals surface area contributed by atoms with Gasteiger partial charge in [0.05, 0.1) is 5.56 Å². The highest BCUT2D eigenvalue weighted by Gasteiger charge is 2.16. The molecule has 2 N–H and O–H groups in total. The number of ether oxygens (including phenoxy) is 1. The average Bonchev–Trinajstić information content (AvgIpc) is 2.61. The van der Waals surface area contributed by atoms with E-state index in [4.69, 9.17) is 5.11 Å². The largest absolute Gasteiger partial charge is 0.478 e. The van der Waals surface area contributed by atoms with Crippen LogP contribution in [0.2, 0.25) is 0 Å². The smallest absolute Gasteiger partial charge is 0.338 e. The standard InChI is InChI=1S/C10H13NO4S/c1-3-6-4-7(10(13)14)9(16-6)11-8(12)5-15-2/h4H,3,5H2,1-2H3,(H,11,12)(H,13,14). The number of anilines is 1. The molecular weight excluding hydrogens is 230 g/mol. The van der Waals surface area contributed by atoms with Crippen molar-refractivity contribution in [2.75, 3.05) is 19.0 Å². The van der Waals surface area contributed by atoms with Crippen molar-refractivity contribution in [1.29, 1.82) is 0 Å². The first-order valence-corrected chi connectivity index (χ1v) is 5.55. The van der Waals surface area contributed by atoms with E-state index in [-0.39, 0.29) is 18.1 Å². The quantitative estimate of drug-likeness (QED) is 0.823. The molecule has 16 heavy (non-hydrogen) atoms. The summed E-state index contributed by atoms with van der Waals surface area (Å²) in [7, 11) is 1.41. The summed E-state index contributed by atoms with van der Waals surface area (Å²) in [4.78, 5) is 23.1. The van der Waals surface area contributed by atoms with Crippen LogP contribution in [0.15, 0.2) is 6.07 Å². The highest BCUT2D eigenvalue weighted by molar-refractivity contribution is 7.16. The van der Waals surface area contributed by atoms with Gasteiger partial charge in [0.2, 0.25) is 0 Å². The van der Waals surface area contributed by atoms with Crippen LogP contribution in [-0.4, -0.2) is 30.7 Å². The average molecular weight is 243 g/mol. The molecule has 0 spiro atoms. The fraction of sp³-hybridized carbons (Fsp3) is 0.400.